The van der Waals surface area contributed by atoms with E-state index in [-0.39, 0.29) is 5.91 Å². The quantitative estimate of drug-likeness (QED) is 0.515. The van der Waals surface area contributed by atoms with Gasteiger partial charge in [-0.3, -0.25) is 9.69 Å². The highest BCUT2D eigenvalue weighted by molar-refractivity contribution is 8.19. The number of para-hydroxylation sites is 2. The number of ether oxygens (including phenoxy) is 2. The second kappa shape index (κ2) is 8.88. The maximum absolute atomic E-state index is 13.3. The van der Waals surface area contributed by atoms with E-state index in [2.05, 4.69) is 0 Å². The second-order valence-corrected chi connectivity index (χ2v) is 7.44. The van der Waals surface area contributed by atoms with Crippen molar-refractivity contribution in [3.8, 4) is 11.5 Å². The lowest BCUT2D eigenvalue weighted by Gasteiger charge is -2.15. The number of amidine groups is 1. The minimum Gasteiger partial charge on any atom is -0.493 e. The van der Waals surface area contributed by atoms with Gasteiger partial charge in [-0.15, -0.1) is 0 Å². The molecule has 1 saturated heterocycles. The van der Waals surface area contributed by atoms with E-state index in [1.807, 2.05) is 84.9 Å². The van der Waals surface area contributed by atoms with Crippen LogP contribution in [-0.4, -0.2) is 25.3 Å². The first-order chi connectivity index (χ1) is 14.7. The molecular formula is C24H20N2O3S. The lowest BCUT2D eigenvalue weighted by molar-refractivity contribution is -0.113. The number of amides is 1. The van der Waals surface area contributed by atoms with Crippen molar-refractivity contribution in [2.75, 3.05) is 19.1 Å². The summed E-state index contributed by atoms with van der Waals surface area (Å²) in [5, 5.41) is 0.615. The van der Waals surface area contributed by atoms with Gasteiger partial charge in [0.05, 0.1) is 30.5 Å². The van der Waals surface area contributed by atoms with Crippen molar-refractivity contribution in [1.82, 2.24) is 0 Å². The van der Waals surface area contributed by atoms with Crippen molar-refractivity contribution in [3.63, 3.8) is 0 Å². The van der Waals surface area contributed by atoms with Crippen molar-refractivity contribution in [1.29, 1.82) is 0 Å². The van der Waals surface area contributed by atoms with Crippen LogP contribution in [0.15, 0.2) is 88.8 Å². The lowest BCUT2D eigenvalue weighted by Crippen LogP contribution is -2.28. The zero-order chi connectivity index (χ0) is 20.9. The fraction of sp³-hybridized carbons (Fsp3) is 0.0833. The standard InChI is InChI=1S/C24H20N2O3S/c1-28-20-14-13-17(15-21(20)29-2)16-22-23(27)26(19-11-7-4-8-12-19)24(30-22)25-18-9-5-3-6-10-18/h3-16H,1-2H3/b22-16-,25-24?. The number of carbonyl (C=O) groups is 1. The molecule has 0 unspecified atom stereocenters. The molecule has 4 rings (SSSR count). The number of rotatable bonds is 5. The Morgan fingerprint density at radius 3 is 2.20 bits per heavy atom. The van der Waals surface area contributed by atoms with Crippen LogP contribution in [0.25, 0.3) is 6.08 Å². The van der Waals surface area contributed by atoms with E-state index in [1.165, 1.54) is 11.8 Å². The summed E-state index contributed by atoms with van der Waals surface area (Å²) in [5.74, 6) is 1.14. The van der Waals surface area contributed by atoms with Gasteiger partial charge in [0.15, 0.2) is 16.7 Å². The smallest absolute Gasteiger partial charge is 0.271 e. The summed E-state index contributed by atoms with van der Waals surface area (Å²) >= 11 is 1.35. The highest BCUT2D eigenvalue weighted by Gasteiger charge is 2.34. The lowest BCUT2D eigenvalue weighted by atomic mass is 10.2. The van der Waals surface area contributed by atoms with E-state index in [0.29, 0.717) is 21.6 Å². The van der Waals surface area contributed by atoms with Gasteiger partial charge in [-0.1, -0.05) is 42.5 Å². The predicted octanol–water partition coefficient (Wildman–Crippen LogP) is 5.51. The summed E-state index contributed by atoms with van der Waals surface area (Å²) in [6.07, 6.45) is 1.85. The van der Waals surface area contributed by atoms with Crippen LogP contribution in [0.4, 0.5) is 11.4 Å². The van der Waals surface area contributed by atoms with Crippen LogP contribution in [0.2, 0.25) is 0 Å². The van der Waals surface area contributed by atoms with Crippen LogP contribution in [0, 0.1) is 0 Å². The topological polar surface area (TPSA) is 51.1 Å². The molecule has 3 aromatic rings. The maximum Gasteiger partial charge on any atom is 0.271 e. The third kappa shape index (κ3) is 4.09. The molecule has 150 valence electrons. The number of aliphatic imine (C=N–C) groups is 1. The molecule has 6 heteroatoms. The molecule has 3 aromatic carbocycles. The third-order valence-electron chi connectivity index (χ3n) is 4.51. The molecule has 0 aliphatic carbocycles. The predicted molar refractivity (Wildman–Crippen MR) is 123 cm³/mol. The maximum atomic E-state index is 13.3. The summed E-state index contributed by atoms with van der Waals surface area (Å²) in [4.78, 5) is 20.2. The van der Waals surface area contributed by atoms with Crippen molar-refractivity contribution in [2.45, 2.75) is 0 Å². The van der Waals surface area contributed by atoms with Gasteiger partial charge in [-0.05, 0) is 59.8 Å². The van der Waals surface area contributed by atoms with E-state index >= 15 is 0 Å². The van der Waals surface area contributed by atoms with Crippen molar-refractivity contribution in [2.24, 2.45) is 4.99 Å². The Bertz CT molecular complexity index is 1110. The number of hydrogen-bond acceptors (Lipinski definition) is 5. The number of hydrogen-bond donors (Lipinski definition) is 0. The Morgan fingerprint density at radius 2 is 1.53 bits per heavy atom. The van der Waals surface area contributed by atoms with Crippen LogP contribution >= 0.6 is 11.8 Å². The largest absolute Gasteiger partial charge is 0.493 e. The van der Waals surface area contributed by atoms with Crippen LogP contribution < -0.4 is 14.4 Å². The second-order valence-electron chi connectivity index (χ2n) is 6.43. The number of benzene rings is 3. The molecule has 1 amide bonds. The number of methoxy groups -OCH3 is 2. The van der Waals surface area contributed by atoms with Gasteiger partial charge in [0.2, 0.25) is 0 Å². The van der Waals surface area contributed by atoms with E-state index in [9.17, 15) is 4.79 Å². The first-order valence-corrected chi connectivity index (χ1v) is 10.2. The number of anilines is 1. The van der Waals surface area contributed by atoms with Crippen molar-refractivity contribution < 1.29 is 14.3 Å². The van der Waals surface area contributed by atoms with Gasteiger partial charge in [0, 0.05) is 0 Å². The van der Waals surface area contributed by atoms with Gasteiger partial charge in [0.25, 0.3) is 5.91 Å². The fourth-order valence-electron chi connectivity index (χ4n) is 3.06. The van der Waals surface area contributed by atoms with E-state index in [4.69, 9.17) is 14.5 Å². The highest BCUT2D eigenvalue weighted by Crippen LogP contribution is 2.38. The van der Waals surface area contributed by atoms with E-state index in [1.54, 1.807) is 19.1 Å². The highest BCUT2D eigenvalue weighted by atomic mass is 32.2. The summed E-state index contributed by atoms with van der Waals surface area (Å²) in [6, 6.07) is 24.7. The van der Waals surface area contributed by atoms with E-state index < -0.39 is 0 Å². The van der Waals surface area contributed by atoms with Crippen LogP contribution in [-0.2, 0) is 4.79 Å². The van der Waals surface area contributed by atoms with Crippen LogP contribution in [0.5, 0.6) is 11.5 Å². The summed E-state index contributed by atoms with van der Waals surface area (Å²) in [7, 11) is 3.18. The Hall–Kier alpha value is -3.51. The van der Waals surface area contributed by atoms with Crippen LogP contribution in [0.3, 0.4) is 0 Å². The molecule has 0 saturated carbocycles. The molecule has 1 aliphatic rings. The third-order valence-corrected chi connectivity index (χ3v) is 5.48. The molecule has 0 spiro atoms. The zero-order valence-electron chi connectivity index (χ0n) is 16.6. The van der Waals surface area contributed by atoms with Crippen molar-refractivity contribution >= 4 is 40.3 Å². The van der Waals surface area contributed by atoms with Crippen molar-refractivity contribution in [3.05, 3.63) is 89.3 Å². The van der Waals surface area contributed by atoms with Crippen LogP contribution in [0.1, 0.15) is 5.56 Å². The molecular weight excluding hydrogens is 396 g/mol. The van der Waals surface area contributed by atoms with Gasteiger partial charge < -0.3 is 9.47 Å². The monoisotopic (exact) mass is 416 g/mol. The molecule has 0 radical (unpaired) electrons. The molecule has 0 N–H and O–H groups in total. The Balaban J connectivity index is 1.75. The fourth-order valence-corrected chi connectivity index (χ4v) is 4.06. The van der Waals surface area contributed by atoms with E-state index in [0.717, 1.165) is 16.9 Å². The first kappa shape index (κ1) is 19.8. The molecule has 1 fully saturated rings. The van der Waals surface area contributed by atoms with Gasteiger partial charge >= 0.3 is 0 Å². The Morgan fingerprint density at radius 1 is 0.867 bits per heavy atom. The molecule has 30 heavy (non-hydrogen) atoms. The minimum atomic E-state index is -0.115. The van der Waals surface area contributed by atoms with Gasteiger partial charge in [-0.25, -0.2) is 4.99 Å². The molecule has 1 aliphatic heterocycles. The summed E-state index contributed by atoms with van der Waals surface area (Å²) in [5.41, 5.74) is 2.42. The average molecular weight is 417 g/mol. The zero-order valence-corrected chi connectivity index (χ0v) is 17.4. The molecule has 5 nitrogen and oxygen atoms in total. The number of carbonyl (C=O) groups excluding carboxylic acids is 1. The molecule has 0 aromatic heterocycles. The van der Waals surface area contributed by atoms with Gasteiger partial charge in [-0.2, -0.15) is 0 Å². The average Bonchev–Trinajstić information content (AvgIpc) is 3.09. The Labute approximate surface area is 179 Å². The SMILES string of the molecule is COc1ccc(/C=C2\SC(=Nc3ccccc3)N(c3ccccc3)C2=O)cc1OC. The van der Waals surface area contributed by atoms with Gasteiger partial charge in [0.1, 0.15) is 0 Å². The Kier molecular flexibility index (Phi) is 5.86. The number of nitrogens with zero attached hydrogens (tertiary/aromatic N) is 2. The molecule has 1 heterocycles. The molecule has 0 bridgehead atoms. The summed E-state index contributed by atoms with van der Waals surface area (Å²) < 4.78 is 10.7. The normalized spacial score (nSPS) is 16.3. The summed E-state index contributed by atoms with van der Waals surface area (Å²) in [6.45, 7) is 0. The molecule has 0 atom stereocenters. The first-order valence-electron chi connectivity index (χ1n) is 9.34. The minimum absolute atomic E-state index is 0.115. The number of thioether (sulfide) groups is 1.